The van der Waals surface area contributed by atoms with E-state index in [1.165, 1.54) is 6.42 Å². The Balaban J connectivity index is 1.53. The number of hydrogen-bond donors (Lipinski definition) is 0. The molecule has 0 N–H and O–H groups in total. The van der Waals surface area contributed by atoms with E-state index >= 15 is 0 Å². The number of piperidine rings is 1. The van der Waals surface area contributed by atoms with Crippen LogP contribution in [0.2, 0.25) is 0 Å². The average Bonchev–Trinajstić information content (AvgIpc) is 3.21. The highest BCUT2D eigenvalue weighted by Crippen LogP contribution is 2.26. The molecule has 23 heavy (non-hydrogen) atoms. The summed E-state index contributed by atoms with van der Waals surface area (Å²) < 4.78 is 4.08. The summed E-state index contributed by atoms with van der Waals surface area (Å²) in [5.41, 5.74) is 0.922. The van der Waals surface area contributed by atoms with Gasteiger partial charge in [-0.15, -0.1) is 10.2 Å². The van der Waals surface area contributed by atoms with Crippen molar-refractivity contribution in [1.82, 2.24) is 34.3 Å². The van der Waals surface area contributed by atoms with Crippen molar-refractivity contribution in [3.63, 3.8) is 0 Å². The minimum absolute atomic E-state index is 0.416. The molecule has 0 radical (unpaired) electrons. The van der Waals surface area contributed by atoms with Gasteiger partial charge in [0.25, 0.3) is 0 Å². The van der Waals surface area contributed by atoms with Crippen LogP contribution in [0.15, 0.2) is 30.7 Å². The predicted molar refractivity (Wildman–Crippen MR) is 85.9 cm³/mol. The molecule has 0 unspecified atom stereocenters. The highest BCUT2D eigenvalue weighted by Gasteiger charge is 2.26. The molecule has 1 atom stereocenters. The molecular formula is C16H21N7. The Kier molecular flexibility index (Phi) is 3.78. The van der Waals surface area contributed by atoms with Crippen molar-refractivity contribution in [1.29, 1.82) is 0 Å². The zero-order valence-electron chi connectivity index (χ0n) is 13.3. The van der Waals surface area contributed by atoms with Gasteiger partial charge in [0.2, 0.25) is 0 Å². The molecular weight excluding hydrogens is 290 g/mol. The predicted octanol–water partition coefficient (Wildman–Crippen LogP) is 1.72. The highest BCUT2D eigenvalue weighted by atomic mass is 15.3. The van der Waals surface area contributed by atoms with Gasteiger partial charge in [0.15, 0.2) is 5.65 Å². The van der Waals surface area contributed by atoms with Crippen LogP contribution in [-0.2, 0) is 13.1 Å². The van der Waals surface area contributed by atoms with Gasteiger partial charge >= 0.3 is 0 Å². The summed E-state index contributed by atoms with van der Waals surface area (Å²) >= 11 is 0. The fraction of sp³-hybridized carbons (Fsp3) is 0.500. The molecule has 0 bridgehead atoms. The second-order valence-corrected chi connectivity index (χ2v) is 6.05. The molecule has 4 rings (SSSR count). The maximum Gasteiger partial charge on any atom is 0.160 e. The molecule has 3 aromatic heterocycles. The van der Waals surface area contributed by atoms with E-state index in [2.05, 4.69) is 42.7 Å². The van der Waals surface area contributed by atoms with Crippen molar-refractivity contribution in [3.8, 4) is 0 Å². The Morgan fingerprint density at radius 2 is 2.22 bits per heavy atom. The van der Waals surface area contributed by atoms with Crippen molar-refractivity contribution >= 4 is 5.65 Å². The summed E-state index contributed by atoms with van der Waals surface area (Å²) in [4.78, 5) is 6.85. The third-order valence-electron chi connectivity index (χ3n) is 4.57. The second kappa shape index (κ2) is 6.08. The third kappa shape index (κ3) is 2.72. The van der Waals surface area contributed by atoms with Crippen LogP contribution in [0.3, 0.4) is 0 Å². The van der Waals surface area contributed by atoms with Crippen molar-refractivity contribution < 1.29 is 0 Å². The van der Waals surface area contributed by atoms with Crippen LogP contribution in [0.25, 0.3) is 5.65 Å². The van der Waals surface area contributed by atoms with Crippen molar-refractivity contribution in [3.05, 3.63) is 42.4 Å². The first-order valence-corrected chi connectivity index (χ1v) is 8.24. The number of pyridine rings is 1. The number of nitrogens with zero attached hydrogens (tertiary/aromatic N) is 7. The monoisotopic (exact) mass is 311 g/mol. The maximum atomic E-state index is 4.44. The molecule has 3 aromatic rings. The van der Waals surface area contributed by atoms with Gasteiger partial charge in [0.05, 0.1) is 6.54 Å². The molecule has 1 fully saturated rings. The van der Waals surface area contributed by atoms with Gasteiger partial charge in [-0.1, -0.05) is 6.07 Å². The van der Waals surface area contributed by atoms with Crippen LogP contribution < -0.4 is 0 Å². The normalized spacial score (nSPS) is 19.4. The Hall–Kier alpha value is -2.28. The van der Waals surface area contributed by atoms with Crippen LogP contribution in [0.1, 0.15) is 37.3 Å². The van der Waals surface area contributed by atoms with Crippen molar-refractivity contribution in [2.45, 2.75) is 38.8 Å². The number of aryl methyl sites for hydroxylation is 1. The quantitative estimate of drug-likeness (QED) is 0.734. The number of rotatable bonds is 4. The molecule has 0 saturated carbocycles. The Bertz CT molecular complexity index is 790. The summed E-state index contributed by atoms with van der Waals surface area (Å²) in [6, 6.07) is 6.03. The van der Waals surface area contributed by atoms with Gasteiger partial charge in [-0.2, -0.15) is 5.10 Å². The first-order chi connectivity index (χ1) is 11.3. The molecule has 120 valence electrons. The fourth-order valence-corrected chi connectivity index (χ4v) is 3.42. The topological polar surface area (TPSA) is 64.1 Å². The lowest BCUT2D eigenvalue weighted by Crippen LogP contribution is -2.35. The van der Waals surface area contributed by atoms with Gasteiger partial charge in [0, 0.05) is 25.2 Å². The molecule has 0 aliphatic carbocycles. The molecule has 1 saturated heterocycles. The second-order valence-electron chi connectivity index (χ2n) is 6.05. The van der Waals surface area contributed by atoms with Crippen molar-refractivity contribution in [2.24, 2.45) is 0 Å². The maximum absolute atomic E-state index is 4.44. The van der Waals surface area contributed by atoms with Crippen LogP contribution in [0.5, 0.6) is 0 Å². The molecule has 1 aliphatic rings. The molecule has 0 spiro atoms. The number of aromatic nitrogens is 6. The van der Waals surface area contributed by atoms with Gasteiger partial charge in [-0.3, -0.25) is 9.30 Å². The van der Waals surface area contributed by atoms with E-state index in [0.29, 0.717) is 5.92 Å². The van der Waals surface area contributed by atoms with Crippen LogP contribution >= 0.6 is 0 Å². The van der Waals surface area contributed by atoms with Crippen molar-refractivity contribution in [2.75, 3.05) is 13.1 Å². The van der Waals surface area contributed by atoms with Crippen LogP contribution in [-0.4, -0.2) is 47.4 Å². The molecule has 0 amide bonds. The standard InChI is InChI=1S/C16H21N7/c1-2-23-15(17-12-18-23)11-21-8-5-6-13(10-21)16-20-19-14-7-3-4-9-22(14)16/h3-4,7,9,12-13H,2,5-6,8,10-11H2,1H3/t13-/m0/s1. The van der Waals surface area contributed by atoms with E-state index in [0.717, 1.165) is 49.9 Å². The smallest absolute Gasteiger partial charge is 0.160 e. The average molecular weight is 311 g/mol. The SMILES string of the molecule is CCn1ncnc1CN1CCC[C@H](c2nnc3ccccn23)C1. The van der Waals surface area contributed by atoms with E-state index in [-0.39, 0.29) is 0 Å². The summed E-state index contributed by atoms with van der Waals surface area (Å²) in [6.45, 7) is 5.90. The minimum atomic E-state index is 0.416. The van der Waals surface area contributed by atoms with Gasteiger partial charge in [-0.25, -0.2) is 9.67 Å². The Morgan fingerprint density at radius 3 is 3.13 bits per heavy atom. The highest BCUT2D eigenvalue weighted by molar-refractivity contribution is 5.37. The molecule has 7 nitrogen and oxygen atoms in total. The summed E-state index contributed by atoms with van der Waals surface area (Å²) in [5, 5.41) is 13.0. The van der Waals surface area contributed by atoms with E-state index in [4.69, 9.17) is 0 Å². The van der Waals surface area contributed by atoms with Gasteiger partial charge in [-0.05, 0) is 38.4 Å². The number of likely N-dealkylation sites (tertiary alicyclic amines) is 1. The lowest BCUT2D eigenvalue weighted by molar-refractivity contribution is 0.189. The molecule has 7 heteroatoms. The molecule has 4 heterocycles. The van der Waals surface area contributed by atoms with Gasteiger partial charge in [0.1, 0.15) is 18.0 Å². The largest absolute Gasteiger partial charge is 0.295 e. The summed E-state index contributed by atoms with van der Waals surface area (Å²) in [6.07, 6.45) is 6.03. The number of hydrogen-bond acceptors (Lipinski definition) is 5. The lowest BCUT2D eigenvalue weighted by Gasteiger charge is -2.31. The summed E-state index contributed by atoms with van der Waals surface area (Å²) in [7, 11) is 0. The number of fused-ring (bicyclic) bond motifs is 1. The summed E-state index contributed by atoms with van der Waals surface area (Å²) in [5.74, 6) is 2.53. The van der Waals surface area contributed by atoms with E-state index in [1.807, 2.05) is 22.9 Å². The lowest BCUT2D eigenvalue weighted by atomic mass is 9.97. The van der Waals surface area contributed by atoms with Crippen LogP contribution in [0, 0.1) is 0 Å². The fourth-order valence-electron chi connectivity index (χ4n) is 3.42. The zero-order chi connectivity index (χ0) is 15.6. The van der Waals surface area contributed by atoms with Crippen LogP contribution in [0.4, 0.5) is 0 Å². The Morgan fingerprint density at radius 1 is 1.26 bits per heavy atom. The van der Waals surface area contributed by atoms with E-state index < -0.39 is 0 Å². The Labute approximate surface area is 135 Å². The molecule has 1 aliphatic heterocycles. The zero-order valence-corrected chi connectivity index (χ0v) is 13.3. The third-order valence-corrected chi connectivity index (χ3v) is 4.57. The molecule has 0 aromatic carbocycles. The minimum Gasteiger partial charge on any atom is -0.295 e. The van der Waals surface area contributed by atoms with E-state index in [9.17, 15) is 0 Å². The van der Waals surface area contributed by atoms with Gasteiger partial charge < -0.3 is 0 Å². The first-order valence-electron chi connectivity index (χ1n) is 8.24. The first kappa shape index (κ1) is 14.3. The van der Waals surface area contributed by atoms with E-state index in [1.54, 1.807) is 6.33 Å².